The zero-order chi connectivity index (χ0) is 17.6. The van der Waals surface area contributed by atoms with E-state index >= 15 is 0 Å². The molecule has 2 rings (SSSR count). The second-order valence-electron chi connectivity index (χ2n) is 6.01. The standard InChI is InChI=1S/C17H22N2O5/c1-12(18-16(23)13-5-3-2-4-6-13)15(22)19-17(11-14(20)21)7-9-24-10-8-17/h2-6,12H,7-11H2,1H3,(H,18,23)(H,19,22)(H,20,21)/t12-/m0/s1. The van der Waals surface area contributed by atoms with Gasteiger partial charge in [-0.05, 0) is 31.9 Å². The average Bonchev–Trinajstić information content (AvgIpc) is 2.55. The van der Waals surface area contributed by atoms with Crippen LogP contribution in [0.15, 0.2) is 30.3 Å². The molecule has 0 radical (unpaired) electrons. The molecule has 0 aromatic heterocycles. The summed E-state index contributed by atoms with van der Waals surface area (Å²) in [6, 6.07) is 7.82. The monoisotopic (exact) mass is 334 g/mol. The Labute approximate surface area is 140 Å². The fourth-order valence-corrected chi connectivity index (χ4v) is 2.70. The summed E-state index contributed by atoms with van der Waals surface area (Å²) in [5.74, 6) is -1.72. The van der Waals surface area contributed by atoms with E-state index in [2.05, 4.69) is 10.6 Å². The Balaban J connectivity index is 1.98. The van der Waals surface area contributed by atoms with Crippen LogP contribution in [0.2, 0.25) is 0 Å². The Morgan fingerprint density at radius 2 is 1.83 bits per heavy atom. The molecule has 0 aliphatic carbocycles. The molecule has 7 nitrogen and oxygen atoms in total. The fraction of sp³-hybridized carbons (Fsp3) is 0.471. The highest BCUT2D eigenvalue weighted by Crippen LogP contribution is 2.24. The maximum Gasteiger partial charge on any atom is 0.305 e. The lowest BCUT2D eigenvalue weighted by atomic mass is 9.86. The predicted molar refractivity (Wildman–Crippen MR) is 86.5 cm³/mol. The Hall–Kier alpha value is -2.41. The molecule has 3 N–H and O–H groups in total. The summed E-state index contributed by atoms with van der Waals surface area (Å²) in [4.78, 5) is 35.6. The third-order valence-electron chi connectivity index (χ3n) is 4.10. The van der Waals surface area contributed by atoms with Crippen molar-refractivity contribution in [3.05, 3.63) is 35.9 Å². The summed E-state index contributed by atoms with van der Waals surface area (Å²) < 4.78 is 5.26. The molecule has 0 spiro atoms. The summed E-state index contributed by atoms with van der Waals surface area (Å²) >= 11 is 0. The van der Waals surface area contributed by atoms with Gasteiger partial charge in [-0.15, -0.1) is 0 Å². The van der Waals surface area contributed by atoms with Gasteiger partial charge in [0.05, 0.1) is 12.0 Å². The topological polar surface area (TPSA) is 105 Å². The minimum atomic E-state index is -0.974. The number of benzene rings is 1. The molecule has 1 atom stereocenters. The number of rotatable bonds is 6. The number of ether oxygens (including phenoxy) is 1. The number of nitrogens with one attached hydrogen (secondary N) is 2. The summed E-state index contributed by atoms with van der Waals surface area (Å²) in [6.07, 6.45) is 0.705. The first kappa shape index (κ1) is 17.9. The molecule has 1 aromatic carbocycles. The van der Waals surface area contributed by atoms with Crippen molar-refractivity contribution < 1.29 is 24.2 Å². The van der Waals surface area contributed by atoms with Crippen molar-refractivity contribution in [3.63, 3.8) is 0 Å². The number of aliphatic carboxylic acids is 1. The third-order valence-corrected chi connectivity index (χ3v) is 4.10. The molecule has 0 unspecified atom stereocenters. The molecule has 1 aromatic rings. The van der Waals surface area contributed by atoms with Crippen LogP contribution < -0.4 is 10.6 Å². The van der Waals surface area contributed by atoms with Gasteiger partial charge >= 0.3 is 5.97 Å². The number of amides is 2. The summed E-state index contributed by atoms with van der Waals surface area (Å²) in [7, 11) is 0. The van der Waals surface area contributed by atoms with Gasteiger partial charge in [-0.1, -0.05) is 18.2 Å². The highest BCUT2D eigenvalue weighted by atomic mass is 16.5. The predicted octanol–water partition coefficient (Wildman–Crippen LogP) is 0.945. The van der Waals surface area contributed by atoms with Gasteiger partial charge < -0.3 is 20.5 Å². The molecule has 0 saturated carbocycles. The van der Waals surface area contributed by atoms with Gasteiger partial charge in [-0.2, -0.15) is 0 Å². The normalized spacial score (nSPS) is 17.5. The highest BCUT2D eigenvalue weighted by molar-refractivity contribution is 5.97. The Morgan fingerprint density at radius 1 is 1.21 bits per heavy atom. The summed E-state index contributed by atoms with van der Waals surface area (Å²) in [5, 5.41) is 14.5. The van der Waals surface area contributed by atoms with Gasteiger partial charge in [-0.3, -0.25) is 14.4 Å². The van der Waals surface area contributed by atoms with Crippen molar-refractivity contribution in [1.82, 2.24) is 10.6 Å². The second-order valence-corrected chi connectivity index (χ2v) is 6.01. The van der Waals surface area contributed by atoms with Crippen molar-refractivity contribution in [2.24, 2.45) is 0 Å². The Kier molecular flexibility index (Phi) is 5.92. The zero-order valence-electron chi connectivity index (χ0n) is 13.6. The lowest BCUT2D eigenvalue weighted by molar-refractivity contribution is -0.140. The van der Waals surface area contributed by atoms with E-state index in [-0.39, 0.29) is 12.3 Å². The van der Waals surface area contributed by atoms with Crippen LogP contribution in [0.1, 0.15) is 36.5 Å². The van der Waals surface area contributed by atoms with Crippen LogP contribution in [0.4, 0.5) is 0 Å². The van der Waals surface area contributed by atoms with Crippen LogP contribution in [-0.2, 0) is 14.3 Å². The van der Waals surface area contributed by atoms with Gasteiger partial charge in [0.15, 0.2) is 0 Å². The molecule has 1 aliphatic heterocycles. The van der Waals surface area contributed by atoms with E-state index in [0.717, 1.165) is 0 Å². The van der Waals surface area contributed by atoms with Crippen molar-refractivity contribution in [3.8, 4) is 0 Å². The van der Waals surface area contributed by atoms with E-state index in [1.165, 1.54) is 0 Å². The van der Waals surface area contributed by atoms with E-state index < -0.39 is 23.5 Å². The molecule has 0 bridgehead atoms. The van der Waals surface area contributed by atoms with Crippen LogP contribution >= 0.6 is 0 Å². The molecule has 1 fully saturated rings. The van der Waals surface area contributed by atoms with E-state index in [4.69, 9.17) is 9.84 Å². The van der Waals surface area contributed by atoms with Crippen molar-refractivity contribution in [2.45, 2.75) is 37.8 Å². The number of carbonyl (C=O) groups excluding carboxylic acids is 2. The van der Waals surface area contributed by atoms with Crippen molar-refractivity contribution >= 4 is 17.8 Å². The Bertz CT molecular complexity index is 596. The van der Waals surface area contributed by atoms with E-state index in [9.17, 15) is 14.4 Å². The smallest absolute Gasteiger partial charge is 0.305 e. The molecule has 7 heteroatoms. The van der Waals surface area contributed by atoms with Crippen LogP contribution in [0.3, 0.4) is 0 Å². The first-order valence-corrected chi connectivity index (χ1v) is 7.89. The molecular weight excluding hydrogens is 312 g/mol. The summed E-state index contributed by atoms with van der Waals surface area (Å²) in [6.45, 7) is 2.38. The molecule has 2 amide bonds. The van der Waals surface area contributed by atoms with Crippen molar-refractivity contribution in [1.29, 1.82) is 0 Å². The molecular formula is C17H22N2O5. The number of carbonyl (C=O) groups is 3. The van der Waals surface area contributed by atoms with Gasteiger partial charge in [0, 0.05) is 18.8 Å². The highest BCUT2D eigenvalue weighted by Gasteiger charge is 2.37. The average molecular weight is 334 g/mol. The lowest BCUT2D eigenvalue weighted by Gasteiger charge is -2.37. The van der Waals surface area contributed by atoms with Gasteiger partial charge in [0.25, 0.3) is 5.91 Å². The molecule has 1 aliphatic rings. The van der Waals surface area contributed by atoms with E-state index in [1.807, 2.05) is 0 Å². The third kappa shape index (κ3) is 4.79. The molecule has 24 heavy (non-hydrogen) atoms. The number of hydrogen-bond acceptors (Lipinski definition) is 4. The maximum atomic E-state index is 12.4. The first-order chi connectivity index (χ1) is 11.4. The minimum absolute atomic E-state index is 0.165. The zero-order valence-corrected chi connectivity index (χ0v) is 13.6. The molecule has 1 saturated heterocycles. The largest absolute Gasteiger partial charge is 0.481 e. The van der Waals surface area contributed by atoms with E-state index in [0.29, 0.717) is 31.6 Å². The maximum absolute atomic E-state index is 12.4. The first-order valence-electron chi connectivity index (χ1n) is 7.89. The van der Waals surface area contributed by atoms with Crippen LogP contribution in [0.5, 0.6) is 0 Å². The van der Waals surface area contributed by atoms with Gasteiger partial charge in [0.1, 0.15) is 6.04 Å². The number of carboxylic acids is 1. The minimum Gasteiger partial charge on any atom is -0.481 e. The summed E-state index contributed by atoms with van der Waals surface area (Å²) in [5.41, 5.74) is -0.365. The number of hydrogen-bond donors (Lipinski definition) is 3. The lowest BCUT2D eigenvalue weighted by Crippen LogP contribution is -2.57. The van der Waals surface area contributed by atoms with Gasteiger partial charge in [-0.25, -0.2) is 0 Å². The van der Waals surface area contributed by atoms with Crippen molar-refractivity contribution in [2.75, 3.05) is 13.2 Å². The second kappa shape index (κ2) is 7.92. The quantitative estimate of drug-likeness (QED) is 0.718. The number of carboxylic acid groups (broad SMARTS) is 1. The SMILES string of the molecule is C[C@H](NC(=O)c1ccccc1)C(=O)NC1(CC(=O)O)CCOCC1. The molecule has 1 heterocycles. The van der Waals surface area contributed by atoms with Gasteiger partial charge in [0.2, 0.25) is 5.91 Å². The van der Waals surface area contributed by atoms with Crippen LogP contribution in [-0.4, -0.2) is 47.7 Å². The van der Waals surface area contributed by atoms with Crippen LogP contribution in [0, 0.1) is 0 Å². The van der Waals surface area contributed by atoms with Crippen LogP contribution in [0.25, 0.3) is 0 Å². The molecule has 130 valence electrons. The van der Waals surface area contributed by atoms with E-state index in [1.54, 1.807) is 37.3 Å². The Morgan fingerprint density at radius 3 is 2.42 bits per heavy atom. The fourth-order valence-electron chi connectivity index (χ4n) is 2.70.